The molecule has 0 heterocycles. The molecule has 0 amide bonds. The summed E-state index contributed by atoms with van der Waals surface area (Å²) in [4.78, 5) is 9.67. The summed E-state index contributed by atoms with van der Waals surface area (Å²) in [5, 5.41) is 34.4. The molecule has 0 saturated heterocycles. The van der Waals surface area contributed by atoms with Gasteiger partial charge in [-0.15, -0.1) is 0 Å². The Kier molecular flexibility index (Phi) is 14.0. The molecule has 0 rings (SSSR count). The molecule has 0 fully saturated rings. The number of rotatable bonds is 3. The quantitative estimate of drug-likeness (QED) is 0.406. The largest absolute Gasteiger partial charge is 2.00 e. The van der Waals surface area contributed by atoms with E-state index in [0.717, 1.165) is 0 Å². The zero-order valence-electron chi connectivity index (χ0n) is 5.23. The third-order valence-electron chi connectivity index (χ3n) is 0.793. The smallest absolute Gasteiger partial charge is 0.547 e. The van der Waals surface area contributed by atoms with Crippen molar-refractivity contribution in [1.82, 2.24) is 0 Å². The molecule has 0 aromatic rings. The van der Waals surface area contributed by atoms with E-state index in [-0.39, 0.29) is 45.2 Å². The maximum absolute atomic E-state index is 9.67. The van der Waals surface area contributed by atoms with E-state index in [0.29, 0.717) is 0 Å². The topological polar surface area (TPSA) is 101 Å². The van der Waals surface area contributed by atoms with Crippen LogP contribution in [0, 0.1) is 0 Å². The zero-order valence-corrected chi connectivity index (χ0v) is 7.44. The minimum absolute atomic E-state index is 0. The number of hydrogen-bond donors (Lipinski definition) is 3. The first-order chi connectivity index (χ1) is 4.09. The van der Waals surface area contributed by atoms with Gasteiger partial charge in [0, 0.05) is 0 Å². The number of aliphatic carboxylic acids is 1. The molecular formula is C5H11CaO5+. The number of aliphatic hydroxyl groups is 3. The van der Waals surface area contributed by atoms with Gasteiger partial charge in [-0.2, -0.15) is 0 Å². The monoisotopic (exact) mass is 191 g/mol. The molecule has 62 valence electrons. The van der Waals surface area contributed by atoms with Crippen LogP contribution in [-0.4, -0.2) is 77.8 Å². The molecule has 3 N–H and O–H groups in total. The van der Waals surface area contributed by atoms with Crippen molar-refractivity contribution < 1.29 is 25.2 Å². The van der Waals surface area contributed by atoms with Gasteiger partial charge in [0.05, 0.1) is 12.6 Å². The van der Waals surface area contributed by atoms with Crippen LogP contribution in [0.5, 0.6) is 0 Å². The molecule has 0 aliphatic heterocycles. The molecule has 0 radical (unpaired) electrons. The summed E-state index contributed by atoms with van der Waals surface area (Å²) in [6, 6.07) is 0. The second-order valence-corrected chi connectivity index (χ2v) is 1.51. The minimum atomic E-state index is -2.00. The minimum Gasteiger partial charge on any atom is -0.547 e. The summed E-state index contributed by atoms with van der Waals surface area (Å²) in [6.07, 6.45) is -3.66. The molecular weight excluding hydrogens is 180 g/mol. The first-order valence-electron chi connectivity index (χ1n) is 2.27. The van der Waals surface area contributed by atoms with E-state index in [9.17, 15) is 9.90 Å². The van der Waals surface area contributed by atoms with Gasteiger partial charge in [0.2, 0.25) is 0 Å². The van der Waals surface area contributed by atoms with Crippen molar-refractivity contribution in [1.29, 1.82) is 0 Å². The normalized spacial score (nSPS) is 13.7. The molecule has 0 aliphatic rings. The fraction of sp³-hybridized carbons (Fsp3) is 0.800. The van der Waals surface area contributed by atoms with Gasteiger partial charge in [-0.1, -0.05) is 7.43 Å². The van der Waals surface area contributed by atoms with Crippen molar-refractivity contribution in [2.24, 2.45) is 0 Å². The van der Waals surface area contributed by atoms with E-state index in [4.69, 9.17) is 15.3 Å². The maximum atomic E-state index is 9.67. The number of carboxylic acid groups (broad SMARTS) is 1. The number of carbonyl (C=O) groups excluding carboxylic acids is 1. The Morgan fingerprint density at radius 3 is 1.91 bits per heavy atom. The van der Waals surface area contributed by atoms with Gasteiger partial charge >= 0.3 is 37.7 Å². The van der Waals surface area contributed by atoms with Crippen LogP contribution >= 0.6 is 0 Å². The van der Waals surface area contributed by atoms with E-state index >= 15 is 0 Å². The molecule has 0 aliphatic carbocycles. The number of aliphatic hydroxyl groups excluding tert-OH is 3. The maximum Gasteiger partial charge on any atom is 2.00 e. The summed E-state index contributed by atoms with van der Waals surface area (Å²) in [5.41, 5.74) is 0. The van der Waals surface area contributed by atoms with Crippen LogP contribution in [0.4, 0.5) is 0 Å². The van der Waals surface area contributed by atoms with E-state index < -0.39 is 24.8 Å². The average Bonchev–Trinajstić information content (AvgIpc) is 1.84. The Labute approximate surface area is 94.7 Å². The summed E-state index contributed by atoms with van der Waals surface area (Å²) in [6.45, 7) is -0.796. The molecule has 0 spiro atoms. The SMILES string of the molecule is C.O=C([O-])[C@H](O)[C@@H](O)CO.[Ca+2]. The molecule has 6 heteroatoms. The Morgan fingerprint density at radius 2 is 1.82 bits per heavy atom. The van der Waals surface area contributed by atoms with E-state index in [2.05, 4.69) is 0 Å². The third-order valence-corrected chi connectivity index (χ3v) is 0.793. The molecule has 5 nitrogen and oxygen atoms in total. The Hall–Kier alpha value is 0.610. The predicted molar refractivity (Wildman–Crippen MR) is 36.6 cm³/mol. The summed E-state index contributed by atoms with van der Waals surface area (Å²) < 4.78 is 0. The second kappa shape index (κ2) is 8.70. The van der Waals surface area contributed by atoms with Gasteiger partial charge in [-0.05, 0) is 0 Å². The van der Waals surface area contributed by atoms with Crippen LogP contribution in [0.25, 0.3) is 0 Å². The van der Waals surface area contributed by atoms with Crippen LogP contribution < -0.4 is 5.11 Å². The standard InChI is InChI=1S/C4H8O5.CH4.Ca/c5-1-2(6)3(7)4(8)9;;/h2-3,5-7H,1H2,(H,8,9);1H4;/q;;+2/p-1/t2-,3+;;/m0../s1. The van der Waals surface area contributed by atoms with Crippen molar-refractivity contribution in [3.05, 3.63) is 0 Å². The van der Waals surface area contributed by atoms with Gasteiger partial charge in [0.1, 0.15) is 12.2 Å². The first kappa shape index (κ1) is 17.6. The van der Waals surface area contributed by atoms with Crippen molar-refractivity contribution in [3.63, 3.8) is 0 Å². The third kappa shape index (κ3) is 6.99. The number of carboxylic acids is 1. The van der Waals surface area contributed by atoms with Gasteiger partial charge < -0.3 is 25.2 Å². The Morgan fingerprint density at radius 1 is 1.45 bits per heavy atom. The Bertz CT molecular complexity index is 107. The van der Waals surface area contributed by atoms with Crippen LogP contribution in [0.2, 0.25) is 0 Å². The first-order valence-corrected chi connectivity index (χ1v) is 2.27. The molecule has 11 heavy (non-hydrogen) atoms. The predicted octanol–water partition coefficient (Wildman–Crippen LogP) is -3.29. The number of carbonyl (C=O) groups is 1. The van der Waals surface area contributed by atoms with Gasteiger partial charge in [-0.3, -0.25) is 0 Å². The van der Waals surface area contributed by atoms with Crippen molar-refractivity contribution in [2.45, 2.75) is 19.6 Å². The summed E-state index contributed by atoms with van der Waals surface area (Å²) in [7, 11) is 0. The Balaban J connectivity index is -0.000000320. The van der Waals surface area contributed by atoms with E-state index in [1.807, 2.05) is 0 Å². The van der Waals surface area contributed by atoms with Crippen LogP contribution in [0.1, 0.15) is 7.43 Å². The van der Waals surface area contributed by atoms with Crippen molar-refractivity contribution in [3.8, 4) is 0 Å². The molecule has 0 unspecified atom stereocenters. The van der Waals surface area contributed by atoms with Crippen LogP contribution in [-0.2, 0) is 4.79 Å². The molecule has 0 aromatic heterocycles. The van der Waals surface area contributed by atoms with Gasteiger partial charge in [-0.25, -0.2) is 0 Å². The fourth-order valence-electron chi connectivity index (χ4n) is 0.257. The van der Waals surface area contributed by atoms with E-state index in [1.54, 1.807) is 0 Å². The van der Waals surface area contributed by atoms with Crippen molar-refractivity contribution in [2.75, 3.05) is 6.61 Å². The van der Waals surface area contributed by atoms with Gasteiger partial charge in [0.15, 0.2) is 0 Å². The average molecular weight is 191 g/mol. The fourth-order valence-corrected chi connectivity index (χ4v) is 0.257. The molecule has 0 saturated carbocycles. The number of hydrogen-bond acceptors (Lipinski definition) is 5. The molecule has 0 bridgehead atoms. The van der Waals surface area contributed by atoms with E-state index in [1.165, 1.54) is 0 Å². The van der Waals surface area contributed by atoms with Crippen molar-refractivity contribution >= 4 is 43.7 Å². The zero-order chi connectivity index (χ0) is 7.44. The summed E-state index contributed by atoms with van der Waals surface area (Å²) >= 11 is 0. The van der Waals surface area contributed by atoms with Crippen LogP contribution in [0.15, 0.2) is 0 Å². The second-order valence-electron chi connectivity index (χ2n) is 1.51. The summed E-state index contributed by atoms with van der Waals surface area (Å²) in [5.74, 6) is -1.79. The van der Waals surface area contributed by atoms with Gasteiger partial charge in [0.25, 0.3) is 0 Å². The molecule has 2 atom stereocenters. The van der Waals surface area contributed by atoms with Crippen LogP contribution in [0.3, 0.4) is 0 Å². The molecule has 0 aromatic carbocycles.